The van der Waals surface area contributed by atoms with Gasteiger partial charge in [-0.1, -0.05) is 0 Å². The van der Waals surface area contributed by atoms with E-state index < -0.39 is 0 Å². The Balaban J connectivity index is 1.67. The lowest BCUT2D eigenvalue weighted by molar-refractivity contribution is 0.0906. The minimum atomic E-state index is 0.491. The number of imidazole rings is 1. The van der Waals surface area contributed by atoms with Crippen LogP contribution in [-0.4, -0.2) is 39.8 Å². The molecule has 0 amide bonds. The van der Waals surface area contributed by atoms with Gasteiger partial charge < -0.3 is 9.64 Å². The zero-order chi connectivity index (χ0) is 13.7. The molecule has 5 nitrogen and oxygen atoms in total. The number of ether oxygens (including phenoxy) is 1. The van der Waals surface area contributed by atoms with Gasteiger partial charge in [-0.25, -0.2) is 9.97 Å². The molecule has 0 aliphatic carbocycles. The molecule has 2 aliphatic rings. The number of hydrogen-bond acceptors (Lipinski definition) is 5. The number of anilines is 1. The fourth-order valence-electron chi connectivity index (χ4n) is 2.92. The van der Waals surface area contributed by atoms with Crippen LogP contribution in [0.5, 0.6) is 0 Å². The van der Waals surface area contributed by atoms with Crippen LogP contribution in [0.2, 0.25) is 0 Å². The minimum absolute atomic E-state index is 0.491. The van der Waals surface area contributed by atoms with E-state index in [2.05, 4.69) is 47.1 Å². The smallest absolute Gasteiger partial charge is 0.188 e. The molecule has 2 atom stereocenters. The van der Waals surface area contributed by atoms with Crippen molar-refractivity contribution in [3.05, 3.63) is 20.9 Å². The maximum atomic E-state index is 5.63. The Hall–Kier alpha value is -0.440. The molecule has 0 spiro atoms. The molecule has 8 heteroatoms. The third kappa shape index (κ3) is 2.13. The summed E-state index contributed by atoms with van der Waals surface area (Å²) in [4.78, 5) is 11.5. The summed E-state index contributed by atoms with van der Waals surface area (Å²) in [7, 11) is 0. The Morgan fingerprint density at radius 1 is 1.20 bits per heavy atom. The van der Waals surface area contributed by atoms with Gasteiger partial charge in [0.1, 0.15) is 4.60 Å². The summed E-state index contributed by atoms with van der Waals surface area (Å²) < 4.78 is 9.12. The molecule has 4 heterocycles. The van der Waals surface area contributed by atoms with Gasteiger partial charge in [0.25, 0.3) is 0 Å². The Morgan fingerprint density at radius 2 is 1.95 bits per heavy atom. The van der Waals surface area contributed by atoms with E-state index in [1.54, 1.807) is 11.3 Å². The van der Waals surface area contributed by atoms with E-state index in [-0.39, 0.29) is 0 Å². The van der Waals surface area contributed by atoms with Crippen LogP contribution >= 0.6 is 43.2 Å². The van der Waals surface area contributed by atoms with Gasteiger partial charge in [-0.05, 0) is 44.7 Å². The van der Waals surface area contributed by atoms with Crippen molar-refractivity contribution in [1.29, 1.82) is 0 Å². The lowest BCUT2D eigenvalue weighted by Gasteiger charge is -2.34. The Bertz CT molecular complexity index is 627. The van der Waals surface area contributed by atoms with E-state index in [1.165, 1.54) is 12.8 Å². The summed E-state index contributed by atoms with van der Waals surface area (Å²) >= 11 is 8.52. The monoisotopic (exact) mass is 418 g/mol. The molecule has 2 aromatic rings. The molecule has 2 aromatic heterocycles. The van der Waals surface area contributed by atoms with Gasteiger partial charge in [-0.15, -0.1) is 11.3 Å². The highest BCUT2D eigenvalue weighted by Crippen LogP contribution is 2.36. The van der Waals surface area contributed by atoms with Gasteiger partial charge in [-0.3, -0.25) is 4.57 Å². The highest BCUT2D eigenvalue weighted by molar-refractivity contribution is 9.11. The molecular formula is C12H12Br2N4OS. The molecule has 0 aromatic carbocycles. The van der Waals surface area contributed by atoms with Crippen molar-refractivity contribution in [2.24, 2.45) is 0 Å². The summed E-state index contributed by atoms with van der Waals surface area (Å²) in [5.74, 6) is 0.904. The molecule has 0 N–H and O–H groups in total. The van der Waals surface area contributed by atoms with Crippen molar-refractivity contribution in [1.82, 2.24) is 14.5 Å². The number of hydrogen-bond donors (Lipinski definition) is 0. The molecule has 0 radical (unpaired) electrons. The van der Waals surface area contributed by atoms with Crippen LogP contribution in [0.25, 0.3) is 5.82 Å². The zero-order valence-corrected chi connectivity index (χ0v) is 14.5. The second kappa shape index (κ2) is 5.08. The van der Waals surface area contributed by atoms with E-state index in [0.29, 0.717) is 12.1 Å². The molecule has 2 aliphatic heterocycles. The van der Waals surface area contributed by atoms with Crippen molar-refractivity contribution in [2.75, 3.05) is 18.1 Å². The number of morpholine rings is 1. The van der Waals surface area contributed by atoms with Crippen molar-refractivity contribution >= 4 is 48.3 Å². The highest BCUT2D eigenvalue weighted by atomic mass is 79.9. The third-order valence-electron chi connectivity index (χ3n) is 3.82. The lowest BCUT2D eigenvalue weighted by atomic mass is 10.2. The largest absolute Gasteiger partial charge is 0.377 e. The van der Waals surface area contributed by atoms with E-state index in [4.69, 9.17) is 9.72 Å². The fourth-order valence-corrected chi connectivity index (χ4v) is 4.95. The second-order valence-corrected chi connectivity index (χ2v) is 7.38. The summed E-state index contributed by atoms with van der Waals surface area (Å²) in [6, 6.07) is 0.983. The van der Waals surface area contributed by atoms with Gasteiger partial charge in [0.2, 0.25) is 0 Å². The summed E-state index contributed by atoms with van der Waals surface area (Å²) in [5, 5.41) is 3.16. The minimum Gasteiger partial charge on any atom is -0.377 e. The first-order valence-corrected chi connectivity index (χ1v) is 8.91. The number of halogens is 2. The zero-order valence-electron chi connectivity index (χ0n) is 10.5. The normalized spacial score (nSPS) is 25.4. The molecule has 106 valence electrons. The molecule has 0 saturated carbocycles. The second-order valence-electron chi connectivity index (χ2n) is 5.02. The summed E-state index contributed by atoms with van der Waals surface area (Å²) in [6.07, 6.45) is 4.33. The van der Waals surface area contributed by atoms with E-state index >= 15 is 0 Å². The predicted octanol–water partition coefficient (Wildman–Crippen LogP) is 3.22. The number of aromatic nitrogens is 3. The van der Waals surface area contributed by atoms with E-state index in [1.807, 2.05) is 10.8 Å². The van der Waals surface area contributed by atoms with Crippen LogP contribution in [0.3, 0.4) is 0 Å². The molecule has 4 rings (SSSR count). The van der Waals surface area contributed by atoms with E-state index in [9.17, 15) is 0 Å². The number of fused-ring (bicyclic) bond motifs is 2. The van der Waals surface area contributed by atoms with Gasteiger partial charge in [-0.2, -0.15) is 0 Å². The van der Waals surface area contributed by atoms with Crippen molar-refractivity contribution in [2.45, 2.75) is 24.9 Å². The Labute approximate surface area is 137 Å². The number of thiazole rings is 1. The lowest BCUT2D eigenvalue weighted by Crippen LogP contribution is -2.45. The van der Waals surface area contributed by atoms with Crippen LogP contribution in [0, 0.1) is 0 Å². The highest BCUT2D eigenvalue weighted by Gasteiger charge is 2.38. The van der Waals surface area contributed by atoms with Crippen LogP contribution in [0.4, 0.5) is 5.13 Å². The summed E-state index contributed by atoms with van der Waals surface area (Å²) in [5.41, 5.74) is 0. The summed E-state index contributed by atoms with van der Waals surface area (Å²) in [6.45, 7) is 1.65. The topological polar surface area (TPSA) is 43.2 Å². The van der Waals surface area contributed by atoms with Crippen LogP contribution in [0.15, 0.2) is 20.9 Å². The Kier molecular flexibility index (Phi) is 3.36. The molecule has 2 unspecified atom stereocenters. The molecule has 2 bridgehead atoms. The first-order valence-electron chi connectivity index (χ1n) is 6.45. The average Bonchev–Trinajstić information content (AvgIpc) is 3.07. The fraction of sp³-hybridized carbons (Fsp3) is 0.500. The van der Waals surface area contributed by atoms with Crippen LogP contribution in [-0.2, 0) is 4.74 Å². The maximum Gasteiger partial charge on any atom is 0.188 e. The van der Waals surface area contributed by atoms with Gasteiger partial charge in [0.05, 0.1) is 25.3 Å². The average molecular weight is 420 g/mol. The molecule has 2 saturated heterocycles. The third-order valence-corrected chi connectivity index (χ3v) is 5.60. The van der Waals surface area contributed by atoms with E-state index in [0.717, 1.165) is 33.5 Å². The standard InChI is InChI=1S/C12H12Br2N4OS/c13-9-3-17(11(14)15-9)10-6-20-12(16-10)18-7-1-2-8(18)5-19-4-7/h3,6-8H,1-2,4-5H2. The predicted molar refractivity (Wildman–Crippen MR) is 84.7 cm³/mol. The SMILES string of the molecule is Brc1cn(-c2csc(N3C4CCC3COC4)n2)c(Br)n1. The van der Waals surface area contributed by atoms with Crippen LogP contribution in [0.1, 0.15) is 12.8 Å². The first kappa shape index (κ1) is 13.2. The van der Waals surface area contributed by atoms with Crippen LogP contribution < -0.4 is 4.90 Å². The quantitative estimate of drug-likeness (QED) is 0.749. The number of nitrogens with zero attached hydrogens (tertiary/aromatic N) is 4. The first-order chi connectivity index (χ1) is 9.72. The van der Waals surface area contributed by atoms with Gasteiger partial charge in [0.15, 0.2) is 15.7 Å². The molecule has 20 heavy (non-hydrogen) atoms. The maximum absolute atomic E-state index is 5.63. The van der Waals surface area contributed by atoms with Gasteiger partial charge >= 0.3 is 0 Å². The van der Waals surface area contributed by atoms with Crippen molar-refractivity contribution in [3.8, 4) is 5.82 Å². The molecule has 2 fully saturated rings. The Morgan fingerprint density at radius 3 is 2.60 bits per heavy atom. The van der Waals surface area contributed by atoms with Gasteiger partial charge in [0, 0.05) is 11.6 Å². The number of rotatable bonds is 2. The van der Waals surface area contributed by atoms with Crippen molar-refractivity contribution < 1.29 is 4.74 Å². The molecular weight excluding hydrogens is 408 g/mol. The van der Waals surface area contributed by atoms with Crippen molar-refractivity contribution in [3.63, 3.8) is 0 Å².